The number of aromatic nitrogens is 1. The lowest BCUT2D eigenvalue weighted by Crippen LogP contribution is -2.36. The van der Waals surface area contributed by atoms with Crippen LogP contribution in [0.1, 0.15) is 20.3 Å². The topological polar surface area (TPSA) is 68.0 Å². The minimum absolute atomic E-state index is 0.276. The number of amides is 1. The number of hydrogen-bond acceptors (Lipinski definition) is 3. The number of nitrogens with zero attached hydrogens (tertiary/aromatic N) is 1. The van der Waals surface area contributed by atoms with Crippen molar-refractivity contribution in [1.29, 1.82) is 0 Å². The molecule has 0 aliphatic rings. The SMILES string of the molecule is CC(C)CC(N)C(=O)Nc1ccc(F)nc1. The van der Waals surface area contributed by atoms with Crippen molar-refractivity contribution in [2.75, 3.05) is 5.32 Å². The van der Waals surface area contributed by atoms with Crippen LogP contribution < -0.4 is 11.1 Å². The molecule has 16 heavy (non-hydrogen) atoms. The first-order valence-corrected chi connectivity index (χ1v) is 5.17. The molecule has 0 aromatic carbocycles. The van der Waals surface area contributed by atoms with E-state index < -0.39 is 12.0 Å². The van der Waals surface area contributed by atoms with Gasteiger partial charge in [0.15, 0.2) is 0 Å². The zero-order valence-corrected chi connectivity index (χ0v) is 9.40. The second kappa shape index (κ2) is 5.55. The standard InChI is InChI=1S/C11H16FN3O/c1-7(2)5-9(13)11(16)15-8-3-4-10(12)14-6-8/h3-4,6-7,9H,5,13H2,1-2H3,(H,15,16). The number of rotatable bonds is 4. The third-order valence-electron chi connectivity index (χ3n) is 2.06. The number of carbonyl (C=O) groups excluding carboxylic acids is 1. The summed E-state index contributed by atoms with van der Waals surface area (Å²) in [5, 5.41) is 2.58. The molecule has 1 atom stereocenters. The summed E-state index contributed by atoms with van der Waals surface area (Å²) >= 11 is 0. The highest BCUT2D eigenvalue weighted by atomic mass is 19.1. The third-order valence-corrected chi connectivity index (χ3v) is 2.06. The van der Waals surface area contributed by atoms with Gasteiger partial charge in [0.25, 0.3) is 0 Å². The second-order valence-electron chi connectivity index (χ2n) is 4.09. The van der Waals surface area contributed by atoms with E-state index >= 15 is 0 Å². The summed E-state index contributed by atoms with van der Waals surface area (Å²) in [7, 11) is 0. The molecule has 0 bridgehead atoms. The Morgan fingerprint density at radius 1 is 1.56 bits per heavy atom. The minimum Gasteiger partial charge on any atom is -0.323 e. The molecule has 0 saturated heterocycles. The van der Waals surface area contributed by atoms with Crippen molar-refractivity contribution in [3.63, 3.8) is 0 Å². The molecule has 0 spiro atoms. The lowest BCUT2D eigenvalue weighted by atomic mass is 10.0. The Labute approximate surface area is 94.1 Å². The molecular weight excluding hydrogens is 209 g/mol. The van der Waals surface area contributed by atoms with E-state index in [1.807, 2.05) is 13.8 Å². The van der Waals surface area contributed by atoms with E-state index in [9.17, 15) is 9.18 Å². The summed E-state index contributed by atoms with van der Waals surface area (Å²) in [6, 6.07) is 2.08. The van der Waals surface area contributed by atoms with Gasteiger partial charge in [0.05, 0.1) is 17.9 Å². The van der Waals surface area contributed by atoms with E-state index in [0.717, 1.165) is 0 Å². The molecule has 1 amide bonds. The Bertz CT molecular complexity index is 351. The van der Waals surface area contributed by atoms with Gasteiger partial charge in [-0.1, -0.05) is 13.8 Å². The number of halogens is 1. The first-order valence-electron chi connectivity index (χ1n) is 5.17. The van der Waals surface area contributed by atoms with Crippen molar-refractivity contribution >= 4 is 11.6 Å². The number of anilines is 1. The van der Waals surface area contributed by atoms with E-state index in [4.69, 9.17) is 5.73 Å². The van der Waals surface area contributed by atoms with Gasteiger partial charge in [0, 0.05) is 0 Å². The summed E-state index contributed by atoms with van der Waals surface area (Å²) in [5.41, 5.74) is 6.14. The molecule has 1 aromatic rings. The van der Waals surface area contributed by atoms with E-state index in [0.29, 0.717) is 18.0 Å². The molecule has 0 aliphatic heterocycles. The van der Waals surface area contributed by atoms with E-state index in [1.54, 1.807) is 0 Å². The number of nitrogens with two attached hydrogens (primary N) is 1. The molecule has 88 valence electrons. The van der Waals surface area contributed by atoms with Gasteiger partial charge in [-0.3, -0.25) is 4.79 Å². The third kappa shape index (κ3) is 3.94. The van der Waals surface area contributed by atoms with Gasteiger partial charge in [-0.25, -0.2) is 4.98 Å². The number of hydrogen-bond donors (Lipinski definition) is 2. The highest BCUT2D eigenvalue weighted by Crippen LogP contribution is 2.08. The Kier molecular flexibility index (Phi) is 4.37. The molecule has 4 nitrogen and oxygen atoms in total. The maximum Gasteiger partial charge on any atom is 0.241 e. The van der Waals surface area contributed by atoms with Crippen molar-refractivity contribution in [1.82, 2.24) is 4.98 Å². The summed E-state index contributed by atoms with van der Waals surface area (Å²) in [6.45, 7) is 3.99. The van der Waals surface area contributed by atoms with Crippen LogP contribution in [0.2, 0.25) is 0 Å². The van der Waals surface area contributed by atoms with Gasteiger partial charge in [-0.05, 0) is 24.5 Å². The highest BCUT2D eigenvalue weighted by molar-refractivity contribution is 5.94. The molecule has 0 fully saturated rings. The summed E-state index contributed by atoms with van der Waals surface area (Å²) in [4.78, 5) is 15.0. The number of nitrogens with one attached hydrogen (secondary N) is 1. The molecule has 1 unspecified atom stereocenters. The molecular formula is C11H16FN3O. The van der Waals surface area contributed by atoms with Crippen LogP contribution in [0.15, 0.2) is 18.3 Å². The largest absolute Gasteiger partial charge is 0.323 e. The first-order chi connectivity index (χ1) is 7.49. The van der Waals surface area contributed by atoms with Gasteiger partial charge < -0.3 is 11.1 Å². The van der Waals surface area contributed by atoms with Crippen LogP contribution >= 0.6 is 0 Å². The maximum absolute atomic E-state index is 12.5. The summed E-state index contributed by atoms with van der Waals surface area (Å²) in [5.74, 6) is -0.501. The van der Waals surface area contributed by atoms with E-state index in [2.05, 4.69) is 10.3 Å². The number of carbonyl (C=O) groups is 1. The highest BCUT2D eigenvalue weighted by Gasteiger charge is 2.14. The van der Waals surface area contributed by atoms with Gasteiger partial charge in [0.1, 0.15) is 0 Å². The average Bonchev–Trinajstić information content (AvgIpc) is 2.20. The average molecular weight is 225 g/mol. The fourth-order valence-electron chi connectivity index (χ4n) is 1.30. The quantitative estimate of drug-likeness (QED) is 0.763. The lowest BCUT2D eigenvalue weighted by molar-refractivity contribution is -0.117. The van der Waals surface area contributed by atoms with Crippen LogP contribution in [0.3, 0.4) is 0 Å². The molecule has 1 aromatic heterocycles. The zero-order valence-electron chi connectivity index (χ0n) is 9.40. The molecule has 0 saturated carbocycles. The maximum atomic E-state index is 12.5. The van der Waals surface area contributed by atoms with Crippen LogP contribution in [-0.2, 0) is 4.79 Å². The second-order valence-corrected chi connectivity index (χ2v) is 4.09. The van der Waals surface area contributed by atoms with E-state index in [1.165, 1.54) is 18.3 Å². The van der Waals surface area contributed by atoms with Crippen molar-refractivity contribution in [2.24, 2.45) is 11.7 Å². The van der Waals surface area contributed by atoms with Crippen molar-refractivity contribution in [3.8, 4) is 0 Å². The normalized spacial score (nSPS) is 12.6. The molecule has 5 heteroatoms. The molecule has 0 radical (unpaired) electrons. The fourth-order valence-corrected chi connectivity index (χ4v) is 1.30. The smallest absolute Gasteiger partial charge is 0.241 e. The van der Waals surface area contributed by atoms with E-state index in [-0.39, 0.29) is 5.91 Å². The van der Waals surface area contributed by atoms with Crippen LogP contribution in [0.4, 0.5) is 10.1 Å². The Morgan fingerprint density at radius 2 is 2.25 bits per heavy atom. The fraction of sp³-hybridized carbons (Fsp3) is 0.455. The lowest BCUT2D eigenvalue weighted by Gasteiger charge is -2.13. The monoisotopic (exact) mass is 225 g/mol. The Balaban J connectivity index is 2.54. The van der Waals surface area contributed by atoms with Crippen molar-refractivity contribution in [3.05, 3.63) is 24.3 Å². The zero-order chi connectivity index (χ0) is 12.1. The molecule has 3 N–H and O–H groups in total. The molecule has 0 aliphatic carbocycles. The predicted molar refractivity (Wildman–Crippen MR) is 60.3 cm³/mol. The molecule has 1 heterocycles. The van der Waals surface area contributed by atoms with Crippen LogP contribution in [-0.4, -0.2) is 16.9 Å². The van der Waals surface area contributed by atoms with Crippen LogP contribution in [0.5, 0.6) is 0 Å². The van der Waals surface area contributed by atoms with Crippen LogP contribution in [0, 0.1) is 11.9 Å². The summed E-state index contributed by atoms with van der Waals surface area (Å²) in [6.07, 6.45) is 1.87. The minimum atomic E-state index is -0.579. The first kappa shape index (κ1) is 12.6. The summed E-state index contributed by atoms with van der Waals surface area (Å²) < 4.78 is 12.5. The predicted octanol–water partition coefficient (Wildman–Crippen LogP) is 1.53. The van der Waals surface area contributed by atoms with Gasteiger partial charge in [0.2, 0.25) is 11.9 Å². The Hall–Kier alpha value is -1.49. The molecule has 1 rings (SSSR count). The van der Waals surface area contributed by atoms with Crippen molar-refractivity contribution < 1.29 is 9.18 Å². The Morgan fingerprint density at radius 3 is 2.75 bits per heavy atom. The van der Waals surface area contributed by atoms with Gasteiger partial charge >= 0.3 is 0 Å². The van der Waals surface area contributed by atoms with Gasteiger partial charge in [-0.2, -0.15) is 4.39 Å². The number of pyridine rings is 1. The van der Waals surface area contributed by atoms with Gasteiger partial charge in [-0.15, -0.1) is 0 Å². The van der Waals surface area contributed by atoms with Crippen molar-refractivity contribution in [2.45, 2.75) is 26.3 Å². The van der Waals surface area contributed by atoms with Crippen LogP contribution in [0.25, 0.3) is 0 Å².